The number of nitrogen functional groups attached to an aromatic ring is 1. The molecule has 0 saturated heterocycles. The van der Waals surface area contributed by atoms with E-state index in [0.717, 1.165) is 28.8 Å². The van der Waals surface area contributed by atoms with Gasteiger partial charge in [0, 0.05) is 16.1 Å². The first-order valence-corrected chi connectivity index (χ1v) is 10.3. The van der Waals surface area contributed by atoms with Crippen LogP contribution in [0.25, 0.3) is 11.1 Å². The van der Waals surface area contributed by atoms with Gasteiger partial charge in [-0.3, -0.25) is 0 Å². The third-order valence-electron chi connectivity index (χ3n) is 5.95. The lowest BCUT2D eigenvalue weighted by Gasteiger charge is -2.10. The van der Waals surface area contributed by atoms with E-state index in [1.54, 1.807) is 43.5 Å². The summed E-state index contributed by atoms with van der Waals surface area (Å²) in [5.74, 6) is 0.609. The van der Waals surface area contributed by atoms with Crippen molar-refractivity contribution in [2.75, 3.05) is 12.8 Å². The number of rotatable bonds is 4. The summed E-state index contributed by atoms with van der Waals surface area (Å²) >= 11 is 0. The minimum atomic E-state index is -0.446. The number of nitrogens with two attached hydrogens (primary N) is 1. The van der Waals surface area contributed by atoms with Crippen molar-refractivity contribution >= 4 is 28.8 Å². The molecule has 3 aromatic carbocycles. The molecule has 5 rings (SSSR count). The molecule has 2 heterocycles. The molecule has 6 nitrogen and oxygen atoms in total. The summed E-state index contributed by atoms with van der Waals surface area (Å²) in [6, 6.07) is 14.4. The molecule has 0 radical (unpaired) electrons. The minimum absolute atomic E-state index is 0.401. The van der Waals surface area contributed by atoms with Crippen molar-refractivity contribution in [2.45, 2.75) is 20.3 Å². The number of hydrogen-bond acceptors (Lipinski definition) is 6. The summed E-state index contributed by atoms with van der Waals surface area (Å²) in [7, 11) is 1.58. The molecule has 2 aliphatic rings. The van der Waals surface area contributed by atoms with Crippen LogP contribution in [-0.2, 0) is 16.0 Å². The van der Waals surface area contributed by atoms with E-state index in [1.165, 1.54) is 0 Å². The smallest absolute Gasteiger partial charge is 0.344 e. The van der Waals surface area contributed by atoms with Crippen LogP contribution in [0.1, 0.15) is 29.2 Å². The van der Waals surface area contributed by atoms with Gasteiger partial charge in [-0.05, 0) is 72.0 Å². The monoisotopic (exact) mass is 427 g/mol. The van der Waals surface area contributed by atoms with Gasteiger partial charge in [0.15, 0.2) is 0 Å². The van der Waals surface area contributed by atoms with Crippen molar-refractivity contribution in [3.05, 3.63) is 81.2 Å². The highest BCUT2D eigenvalue weighted by molar-refractivity contribution is 6.21. The van der Waals surface area contributed by atoms with Crippen LogP contribution in [0.3, 0.4) is 0 Å². The third kappa shape index (κ3) is 2.95. The molecular weight excluding hydrogens is 406 g/mol. The number of fused-ring (bicyclic) bond motifs is 2. The van der Waals surface area contributed by atoms with Crippen LogP contribution in [0, 0.1) is 6.92 Å². The van der Waals surface area contributed by atoms with Crippen molar-refractivity contribution in [1.29, 1.82) is 0 Å². The zero-order chi connectivity index (χ0) is 22.6. The molecule has 160 valence electrons. The van der Waals surface area contributed by atoms with Crippen LogP contribution >= 0.6 is 0 Å². The molecule has 2 N–H and O–H groups in total. The highest BCUT2D eigenvalue weighted by Crippen LogP contribution is 2.30. The Balaban J connectivity index is 1.74. The van der Waals surface area contributed by atoms with Gasteiger partial charge >= 0.3 is 11.9 Å². The first kappa shape index (κ1) is 19.9. The molecule has 0 aromatic heterocycles. The molecule has 0 spiro atoms. The van der Waals surface area contributed by atoms with E-state index in [1.807, 2.05) is 26.0 Å². The topological polar surface area (TPSA) is 87.8 Å². The third-order valence-corrected chi connectivity index (χ3v) is 5.95. The predicted octanol–water partition coefficient (Wildman–Crippen LogP) is 2.38. The van der Waals surface area contributed by atoms with E-state index in [4.69, 9.17) is 19.9 Å². The first-order chi connectivity index (χ1) is 15.4. The highest BCUT2D eigenvalue weighted by Gasteiger charge is 2.30. The Labute approximate surface area is 184 Å². The molecule has 0 aliphatic carbocycles. The van der Waals surface area contributed by atoms with Crippen LogP contribution in [0.4, 0.5) is 5.69 Å². The number of carbonyl (C=O) groups is 2. The number of hydrogen-bond donors (Lipinski definition) is 1. The molecule has 6 heteroatoms. The van der Waals surface area contributed by atoms with Crippen LogP contribution in [0.15, 0.2) is 48.5 Å². The minimum Gasteiger partial charge on any atom is -0.497 e. The molecule has 0 saturated carbocycles. The maximum Gasteiger partial charge on any atom is 0.344 e. The number of carbonyl (C=O) groups excluding carboxylic acids is 2. The fourth-order valence-corrected chi connectivity index (χ4v) is 4.25. The second kappa shape index (κ2) is 7.27. The maximum atomic E-state index is 12.8. The van der Waals surface area contributed by atoms with Gasteiger partial charge in [-0.1, -0.05) is 19.1 Å². The Hall–Kier alpha value is -4.06. The number of ether oxygens (including phenoxy) is 3. The lowest BCUT2D eigenvalue weighted by Crippen LogP contribution is -2.11. The predicted molar refractivity (Wildman–Crippen MR) is 120 cm³/mol. The Morgan fingerprint density at radius 1 is 0.844 bits per heavy atom. The van der Waals surface area contributed by atoms with Crippen LogP contribution in [-0.4, -0.2) is 19.0 Å². The number of benzene rings is 3. The Kier molecular flexibility index (Phi) is 4.51. The second-order valence-corrected chi connectivity index (χ2v) is 7.82. The molecule has 3 aromatic rings. The fourth-order valence-electron chi connectivity index (χ4n) is 4.25. The number of methoxy groups -OCH3 is 1. The second-order valence-electron chi connectivity index (χ2n) is 7.82. The Morgan fingerprint density at radius 2 is 1.41 bits per heavy atom. The van der Waals surface area contributed by atoms with Crippen molar-refractivity contribution in [1.82, 2.24) is 0 Å². The quantitative estimate of drug-likeness (QED) is 0.391. The number of esters is 2. The first-order valence-electron chi connectivity index (χ1n) is 10.3. The molecule has 0 bridgehead atoms. The summed E-state index contributed by atoms with van der Waals surface area (Å²) < 4.78 is 16.3. The molecule has 32 heavy (non-hydrogen) atoms. The fraction of sp³-hybridized carbons (Fsp3) is 0.154. The van der Waals surface area contributed by atoms with Crippen molar-refractivity contribution in [3.63, 3.8) is 0 Å². The van der Waals surface area contributed by atoms with Gasteiger partial charge in [0.25, 0.3) is 0 Å². The van der Waals surface area contributed by atoms with E-state index < -0.39 is 11.9 Å². The number of aryl methyl sites for hydroxylation is 2. The largest absolute Gasteiger partial charge is 0.497 e. The summed E-state index contributed by atoms with van der Waals surface area (Å²) in [5, 5.41) is 1.19. The van der Waals surface area contributed by atoms with E-state index >= 15 is 0 Å². The molecule has 2 aliphatic heterocycles. The van der Waals surface area contributed by atoms with E-state index in [2.05, 4.69) is 0 Å². The Morgan fingerprint density at radius 3 is 1.94 bits per heavy atom. The van der Waals surface area contributed by atoms with Gasteiger partial charge in [-0.2, -0.15) is 0 Å². The van der Waals surface area contributed by atoms with Gasteiger partial charge in [-0.15, -0.1) is 0 Å². The van der Waals surface area contributed by atoms with Crippen molar-refractivity contribution in [2.24, 2.45) is 0 Å². The molecule has 0 amide bonds. The molecule has 0 fully saturated rings. The van der Waals surface area contributed by atoms with Gasteiger partial charge in [0.2, 0.25) is 0 Å². The summed E-state index contributed by atoms with van der Waals surface area (Å²) in [6.07, 6.45) is 0.748. The SMILES string of the molecule is CCc1cc(C2=c3cc4c(cc3OC2=O)=C(c2ccc(OC)cc2)C(=O)O4)cc(C)c1N. The molecular formula is C26H21NO5. The van der Waals surface area contributed by atoms with Gasteiger partial charge in [-0.25, -0.2) is 9.59 Å². The molecule has 0 unspecified atom stereocenters. The lowest BCUT2D eigenvalue weighted by molar-refractivity contribution is -0.128. The molecule has 0 atom stereocenters. The van der Waals surface area contributed by atoms with Crippen molar-refractivity contribution < 1.29 is 23.8 Å². The summed E-state index contributed by atoms with van der Waals surface area (Å²) in [5.41, 5.74) is 11.1. The lowest BCUT2D eigenvalue weighted by atomic mass is 9.96. The van der Waals surface area contributed by atoms with E-state index in [0.29, 0.717) is 44.4 Å². The standard InChI is InChI=1S/C26H21NO5/c1-4-14-10-16(9-13(2)24(14)27)23-19-12-20-18(11-21(19)32-26(23)29)22(25(28)31-20)15-5-7-17(30-3)8-6-15/h5-12H,4,27H2,1-3H3. The van der Waals surface area contributed by atoms with Gasteiger partial charge < -0.3 is 19.9 Å². The maximum absolute atomic E-state index is 12.8. The normalized spacial score (nSPS) is 14.2. The van der Waals surface area contributed by atoms with E-state index in [9.17, 15) is 9.59 Å². The van der Waals surface area contributed by atoms with E-state index in [-0.39, 0.29) is 0 Å². The highest BCUT2D eigenvalue weighted by atomic mass is 16.5. The summed E-state index contributed by atoms with van der Waals surface area (Å²) in [4.78, 5) is 25.5. The van der Waals surface area contributed by atoms with Gasteiger partial charge in [0.05, 0.1) is 18.3 Å². The van der Waals surface area contributed by atoms with Crippen LogP contribution in [0.2, 0.25) is 0 Å². The van der Waals surface area contributed by atoms with Gasteiger partial charge in [0.1, 0.15) is 17.2 Å². The van der Waals surface area contributed by atoms with Crippen molar-refractivity contribution in [3.8, 4) is 17.2 Å². The zero-order valence-corrected chi connectivity index (χ0v) is 17.9. The average Bonchev–Trinajstić information content (AvgIpc) is 3.28. The average molecular weight is 427 g/mol. The summed E-state index contributed by atoms with van der Waals surface area (Å²) in [6.45, 7) is 3.93. The Bertz CT molecular complexity index is 1430. The van der Waals surface area contributed by atoms with Crippen LogP contribution < -0.4 is 30.4 Å². The zero-order valence-electron chi connectivity index (χ0n) is 17.9. The van der Waals surface area contributed by atoms with Crippen LogP contribution in [0.5, 0.6) is 17.2 Å². The number of anilines is 1.